The summed E-state index contributed by atoms with van der Waals surface area (Å²) in [5.41, 5.74) is 8.10. The van der Waals surface area contributed by atoms with Crippen LogP contribution in [0.25, 0.3) is 22.4 Å². The number of aryl methyl sites for hydroxylation is 1. The molecule has 0 atom stereocenters. The van der Waals surface area contributed by atoms with E-state index in [2.05, 4.69) is 10.1 Å². The molecule has 0 saturated carbocycles. The van der Waals surface area contributed by atoms with Crippen molar-refractivity contribution in [3.05, 3.63) is 53.9 Å². The molecule has 0 aliphatic carbocycles. The van der Waals surface area contributed by atoms with Crippen LogP contribution in [0.3, 0.4) is 0 Å². The van der Waals surface area contributed by atoms with Crippen molar-refractivity contribution in [2.45, 2.75) is 6.92 Å². The minimum atomic E-state index is -0.730. The number of benzene rings is 1. The van der Waals surface area contributed by atoms with E-state index in [1.807, 2.05) is 13.0 Å². The third kappa shape index (κ3) is 2.35. The number of hydrogen-bond acceptors (Lipinski definition) is 4. The fourth-order valence-corrected chi connectivity index (χ4v) is 2.14. The van der Waals surface area contributed by atoms with Crippen LogP contribution in [-0.2, 0) is 0 Å². The zero-order valence-electron chi connectivity index (χ0n) is 11.1. The summed E-state index contributed by atoms with van der Waals surface area (Å²) in [7, 11) is 0. The summed E-state index contributed by atoms with van der Waals surface area (Å²) < 4.78 is 32.0. The Hall–Kier alpha value is -2.76. The van der Waals surface area contributed by atoms with Gasteiger partial charge in [0.25, 0.3) is 0 Å². The van der Waals surface area contributed by atoms with Crippen LogP contribution >= 0.6 is 0 Å². The average molecular weight is 287 g/mol. The lowest BCUT2D eigenvalue weighted by molar-refractivity contribution is 0.439. The SMILES string of the molecule is Cc1cncc(-c2noc(N)c2-c2ccc(F)cc2F)c1. The first-order valence-corrected chi connectivity index (χ1v) is 6.19. The summed E-state index contributed by atoms with van der Waals surface area (Å²) in [6.07, 6.45) is 3.26. The molecular weight excluding hydrogens is 276 g/mol. The predicted octanol–water partition coefficient (Wildman–Crippen LogP) is 3.57. The monoisotopic (exact) mass is 287 g/mol. The van der Waals surface area contributed by atoms with Gasteiger partial charge in [-0.1, -0.05) is 5.16 Å². The van der Waals surface area contributed by atoms with E-state index in [0.29, 0.717) is 16.8 Å². The summed E-state index contributed by atoms with van der Waals surface area (Å²) in [5, 5.41) is 3.87. The molecule has 3 rings (SSSR count). The molecule has 2 heterocycles. The van der Waals surface area contributed by atoms with E-state index in [1.165, 1.54) is 6.07 Å². The normalized spacial score (nSPS) is 10.8. The van der Waals surface area contributed by atoms with Gasteiger partial charge in [0.2, 0.25) is 5.88 Å². The van der Waals surface area contributed by atoms with Gasteiger partial charge in [0, 0.05) is 29.6 Å². The Morgan fingerprint density at radius 2 is 1.95 bits per heavy atom. The molecule has 0 bridgehead atoms. The number of aromatic nitrogens is 2. The zero-order chi connectivity index (χ0) is 15.0. The first-order chi connectivity index (χ1) is 10.1. The van der Waals surface area contributed by atoms with Gasteiger partial charge in [-0.25, -0.2) is 8.78 Å². The van der Waals surface area contributed by atoms with Gasteiger partial charge in [0.15, 0.2) is 0 Å². The first-order valence-electron chi connectivity index (χ1n) is 6.19. The van der Waals surface area contributed by atoms with E-state index < -0.39 is 11.6 Å². The molecule has 0 saturated heterocycles. The molecule has 0 unspecified atom stereocenters. The van der Waals surface area contributed by atoms with E-state index in [4.69, 9.17) is 10.3 Å². The lowest BCUT2D eigenvalue weighted by atomic mass is 10.0. The fourth-order valence-electron chi connectivity index (χ4n) is 2.14. The number of pyridine rings is 1. The van der Waals surface area contributed by atoms with Crippen LogP contribution in [0.15, 0.2) is 41.2 Å². The van der Waals surface area contributed by atoms with E-state index in [0.717, 1.165) is 17.7 Å². The Balaban J connectivity index is 2.22. The third-order valence-electron chi connectivity index (χ3n) is 3.07. The molecule has 3 aromatic rings. The van der Waals surface area contributed by atoms with Crippen LogP contribution in [0, 0.1) is 18.6 Å². The molecule has 1 aromatic carbocycles. The molecule has 2 N–H and O–H groups in total. The lowest BCUT2D eigenvalue weighted by Gasteiger charge is -2.05. The maximum atomic E-state index is 14.0. The highest BCUT2D eigenvalue weighted by molar-refractivity contribution is 5.86. The van der Waals surface area contributed by atoms with Gasteiger partial charge in [-0.2, -0.15) is 0 Å². The summed E-state index contributed by atoms with van der Waals surface area (Å²) >= 11 is 0. The molecule has 0 amide bonds. The van der Waals surface area contributed by atoms with Crippen molar-refractivity contribution in [2.75, 3.05) is 5.73 Å². The quantitative estimate of drug-likeness (QED) is 0.782. The molecule has 21 heavy (non-hydrogen) atoms. The molecule has 106 valence electrons. The molecule has 0 radical (unpaired) electrons. The Bertz CT molecular complexity index is 814. The summed E-state index contributed by atoms with van der Waals surface area (Å²) in [6, 6.07) is 5.08. The number of nitrogens with two attached hydrogens (primary N) is 1. The largest absolute Gasteiger partial charge is 0.367 e. The molecule has 0 spiro atoms. The number of nitrogen functional groups attached to an aromatic ring is 1. The third-order valence-corrected chi connectivity index (χ3v) is 3.07. The highest BCUT2D eigenvalue weighted by Gasteiger charge is 2.20. The molecule has 0 aliphatic heterocycles. The molecule has 2 aromatic heterocycles. The smallest absolute Gasteiger partial charge is 0.230 e. The molecule has 4 nitrogen and oxygen atoms in total. The van der Waals surface area contributed by atoms with Crippen LogP contribution in [0.2, 0.25) is 0 Å². The minimum absolute atomic E-state index is 0.0305. The van der Waals surface area contributed by atoms with Crippen LogP contribution < -0.4 is 5.73 Å². The average Bonchev–Trinajstić information content (AvgIpc) is 2.81. The first kappa shape index (κ1) is 13.2. The number of halogens is 2. The van der Waals surface area contributed by atoms with Crippen LogP contribution in [-0.4, -0.2) is 10.1 Å². The second kappa shape index (κ2) is 4.97. The second-order valence-corrected chi connectivity index (χ2v) is 4.65. The van der Waals surface area contributed by atoms with Crippen LogP contribution in [0.4, 0.5) is 14.7 Å². The Morgan fingerprint density at radius 1 is 1.14 bits per heavy atom. The van der Waals surface area contributed by atoms with Gasteiger partial charge in [-0.05, 0) is 30.7 Å². The standard InChI is InChI=1S/C15H11F2N3O/c1-8-4-9(7-19-6-8)14-13(15(18)21-20-14)11-3-2-10(16)5-12(11)17/h2-7H,18H2,1H3. The van der Waals surface area contributed by atoms with Crippen LogP contribution in [0.5, 0.6) is 0 Å². The highest BCUT2D eigenvalue weighted by Crippen LogP contribution is 2.37. The van der Waals surface area contributed by atoms with Crippen molar-refractivity contribution in [1.29, 1.82) is 0 Å². The second-order valence-electron chi connectivity index (χ2n) is 4.65. The van der Waals surface area contributed by atoms with Gasteiger partial charge < -0.3 is 10.3 Å². The van der Waals surface area contributed by atoms with Gasteiger partial charge in [0.1, 0.15) is 17.3 Å². The van der Waals surface area contributed by atoms with Crippen molar-refractivity contribution in [3.63, 3.8) is 0 Å². The predicted molar refractivity (Wildman–Crippen MR) is 74.2 cm³/mol. The van der Waals surface area contributed by atoms with Crippen molar-refractivity contribution in [2.24, 2.45) is 0 Å². The van der Waals surface area contributed by atoms with Gasteiger partial charge >= 0.3 is 0 Å². The number of anilines is 1. The molecule has 0 aliphatic rings. The van der Waals surface area contributed by atoms with E-state index in [-0.39, 0.29) is 11.4 Å². The van der Waals surface area contributed by atoms with Crippen LogP contribution in [0.1, 0.15) is 5.56 Å². The highest BCUT2D eigenvalue weighted by atomic mass is 19.1. The van der Waals surface area contributed by atoms with Gasteiger partial charge in [-0.15, -0.1) is 0 Å². The molecule has 0 fully saturated rings. The van der Waals surface area contributed by atoms with Crippen molar-refractivity contribution < 1.29 is 13.3 Å². The molecular formula is C15H11F2N3O. The zero-order valence-corrected chi connectivity index (χ0v) is 11.1. The molecule has 6 heteroatoms. The van der Waals surface area contributed by atoms with Crippen molar-refractivity contribution >= 4 is 5.88 Å². The number of rotatable bonds is 2. The lowest BCUT2D eigenvalue weighted by Crippen LogP contribution is -1.92. The Morgan fingerprint density at radius 3 is 2.67 bits per heavy atom. The number of nitrogens with zero attached hydrogens (tertiary/aromatic N) is 2. The summed E-state index contributed by atoms with van der Waals surface area (Å²) in [5.74, 6) is -1.42. The Kier molecular flexibility index (Phi) is 3.13. The Labute approximate surface area is 119 Å². The maximum Gasteiger partial charge on any atom is 0.230 e. The van der Waals surface area contributed by atoms with Gasteiger partial charge in [0.05, 0.1) is 5.56 Å². The van der Waals surface area contributed by atoms with Crippen molar-refractivity contribution in [1.82, 2.24) is 10.1 Å². The van der Waals surface area contributed by atoms with Crippen molar-refractivity contribution in [3.8, 4) is 22.4 Å². The fraction of sp³-hybridized carbons (Fsp3) is 0.0667. The topological polar surface area (TPSA) is 64.9 Å². The summed E-state index contributed by atoms with van der Waals surface area (Å²) in [6.45, 7) is 1.87. The van der Waals surface area contributed by atoms with E-state index >= 15 is 0 Å². The van der Waals surface area contributed by atoms with Gasteiger partial charge in [-0.3, -0.25) is 4.98 Å². The minimum Gasteiger partial charge on any atom is -0.367 e. The van der Waals surface area contributed by atoms with E-state index in [9.17, 15) is 8.78 Å². The maximum absolute atomic E-state index is 14.0. The number of hydrogen-bond donors (Lipinski definition) is 1. The van der Waals surface area contributed by atoms with E-state index in [1.54, 1.807) is 12.4 Å². The summed E-state index contributed by atoms with van der Waals surface area (Å²) in [4.78, 5) is 4.06.